The summed E-state index contributed by atoms with van der Waals surface area (Å²) in [6.45, 7) is 5.68. The summed E-state index contributed by atoms with van der Waals surface area (Å²) in [5.41, 5.74) is -2.01. The summed E-state index contributed by atoms with van der Waals surface area (Å²) in [6.07, 6.45) is 6.49. The number of ketones is 2. The van der Waals surface area contributed by atoms with Crippen molar-refractivity contribution in [3.05, 3.63) is 23.8 Å². The average molecular weight is 535 g/mol. The van der Waals surface area contributed by atoms with E-state index >= 15 is 0 Å². The fraction of sp³-hybridized carbons (Fsp3) is 0.727. The Labute approximate surface area is 190 Å². The van der Waals surface area contributed by atoms with Gasteiger partial charge in [0.2, 0.25) is 0 Å². The van der Waals surface area contributed by atoms with Crippen molar-refractivity contribution < 1.29 is 22.9 Å². The summed E-state index contributed by atoms with van der Waals surface area (Å²) in [5.74, 6) is -0.714. The molecule has 4 rings (SSSR count). The van der Waals surface area contributed by atoms with E-state index in [4.69, 9.17) is 14.7 Å². The van der Waals surface area contributed by atoms with Crippen molar-refractivity contribution in [2.75, 3.05) is 6.61 Å². The van der Waals surface area contributed by atoms with Crippen LogP contribution in [-0.2, 0) is 12.7 Å². The number of allylic oxidation sites excluding steroid dienone is 4. The van der Waals surface area contributed by atoms with Gasteiger partial charge in [0, 0.05) is 10.8 Å². The van der Waals surface area contributed by atoms with Gasteiger partial charge >= 0.3 is 0 Å². The van der Waals surface area contributed by atoms with Gasteiger partial charge in [0.05, 0.1) is 11.0 Å². The highest BCUT2D eigenvalue weighted by Crippen LogP contribution is 2.71. The van der Waals surface area contributed by atoms with Gasteiger partial charge in [0.1, 0.15) is 35.2 Å². The molecule has 0 aromatic rings. The van der Waals surface area contributed by atoms with E-state index in [9.17, 15) is 19.8 Å². The van der Waals surface area contributed by atoms with Crippen LogP contribution in [0.2, 0.25) is 0 Å². The minimum atomic E-state index is -1.56. The van der Waals surface area contributed by atoms with E-state index in [1.54, 1.807) is 35.2 Å². The molecule has 0 bridgehead atoms. The molecule has 3 saturated carbocycles. The number of alkyl halides is 1. The number of aliphatic hydroxyl groups excluding tert-OH is 1. The van der Waals surface area contributed by atoms with E-state index in [-0.39, 0.29) is 42.3 Å². The fourth-order valence-electron chi connectivity index (χ4n) is 7.30. The third-order valence-electron chi connectivity index (χ3n) is 8.83. The first-order valence-corrected chi connectivity index (χ1v) is 11.5. The molecular weight excluding hydrogens is 507 g/mol. The van der Waals surface area contributed by atoms with Crippen LogP contribution in [0.4, 0.5) is 0 Å². The zero-order chi connectivity index (χ0) is 21.4. The minimum absolute atomic E-state index is 0.00837. The van der Waals surface area contributed by atoms with Gasteiger partial charge in [-0.1, -0.05) is 32.4 Å². The second-order valence-corrected chi connectivity index (χ2v) is 11.1. The zero-order valence-electron chi connectivity index (χ0n) is 17.0. The largest absolute Gasteiger partial charge is 0.391 e. The number of fused-ring (bicyclic) bond motifs is 5. The number of halogens is 2. The standard InChI is InChI=1S/C22H28ClIO5/c1-12-8-16-15-5-4-13-9-14(25)6-7-19(13,2)21(15,23)17(26)10-20(16,3)22(12,28)18(27)11-29-24/h6-7,9,12,15-17,26,28H,4-5,8,10-11H2,1-3H3. The van der Waals surface area contributed by atoms with E-state index in [0.717, 1.165) is 18.4 Å². The Balaban J connectivity index is 1.81. The maximum absolute atomic E-state index is 13.0. The van der Waals surface area contributed by atoms with Crippen LogP contribution >= 0.6 is 34.6 Å². The smallest absolute Gasteiger partial charge is 0.191 e. The van der Waals surface area contributed by atoms with Crippen molar-refractivity contribution in [1.82, 2.24) is 0 Å². The Morgan fingerprint density at radius 1 is 1.38 bits per heavy atom. The third-order valence-corrected chi connectivity index (χ3v) is 10.1. The second-order valence-electron chi connectivity index (χ2n) is 9.84. The topological polar surface area (TPSA) is 83.8 Å². The zero-order valence-corrected chi connectivity index (χ0v) is 19.9. The van der Waals surface area contributed by atoms with Crippen LogP contribution in [0.3, 0.4) is 0 Å². The first-order valence-electron chi connectivity index (χ1n) is 10.3. The molecule has 0 aromatic heterocycles. The number of carbonyl (C=O) groups is 2. The lowest BCUT2D eigenvalue weighted by Crippen LogP contribution is -2.69. The predicted molar refractivity (Wildman–Crippen MR) is 118 cm³/mol. The van der Waals surface area contributed by atoms with Crippen LogP contribution in [-0.4, -0.2) is 45.0 Å². The van der Waals surface area contributed by atoms with Gasteiger partial charge in [-0.25, -0.2) is 0 Å². The summed E-state index contributed by atoms with van der Waals surface area (Å²) in [6, 6.07) is 0. The number of hydrogen-bond donors (Lipinski definition) is 2. The molecule has 3 fully saturated rings. The molecule has 5 nitrogen and oxygen atoms in total. The van der Waals surface area contributed by atoms with Gasteiger partial charge in [-0.2, -0.15) is 0 Å². The molecular formula is C22H28ClIO5. The van der Waals surface area contributed by atoms with Crippen molar-refractivity contribution in [3.8, 4) is 0 Å². The SMILES string of the molecule is CC1CC2C3CCC4=CC(=O)C=CC4(C)C3(Cl)C(O)CC2(C)C1(O)C(=O)COI. The van der Waals surface area contributed by atoms with Crippen LogP contribution in [0.25, 0.3) is 0 Å². The van der Waals surface area contributed by atoms with Crippen molar-refractivity contribution in [2.45, 2.75) is 63.0 Å². The molecule has 4 aliphatic carbocycles. The highest BCUT2D eigenvalue weighted by Gasteiger charge is 2.74. The molecule has 2 N–H and O–H groups in total. The normalized spacial score (nSPS) is 51.1. The monoisotopic (exact) mass is 534 g/mol. The molecule has 0 spiro atoms. The number of rotatable bonds is 3. The lowest BCUT2D eigenvalue weighted by molar-refractivity contribution is -0.178. The molecule has 8 unspecified atom stereocenters. The highest BCUT2D eigenvalue weighted by molar-refractivity contribution is 14.1. The summed E-state index contributed by atoms with van der Waals surface area (Å²) in [4.78, 5) is 23.9. The Bertz CT molecular complexity index is 826. The third kappa shape index (κ3) is 2.55. The van der Waals surface area contributed by atoms with E-state index in [2.05, 4.69) is 0 Å². The van der Waals surface area contributed by atoms with Crippen molar-refractivity contribution in [2.24, 2.45) is 28.6 Å². The summed E-state index contributed by atoms with van der Waals surface area (Å²) in [7, 11) is 0. The summed E-state index contributed by atoms with van der Waals surface area (Å²) >= 11 is 9.03. The Morgan fingerprint density at radius 3 is 2.72 bits per heavy atom. The molecule has 29 heavy (non-hydrogen) atoms. The summed E-state index contributed by atoms with van der Waals surface area (Å²) in [5, 5.41) is 23.1. The lowest BCUT2D eigenvalue weighted by atomic mass is 9.45. The van der Waals surface area contributed by atoms with E-state index in [1.807, 2.05) is 26.8 Å². The molecule has 0 aliphatic heterocycles. The van der Waals surface area contributed by atoms with Gasteiger partial charge in [-0.3, -0.25) is 9.59 Å². The number of carbonyl (C=O) groups excluding carboxylic acids is 2. The molecule has 0 amide bonds. The minimum Gasteiger partial charge on any atom is -0.391 e. The molecule has 0 heterocycles. The molecule has 4 aliphatic rings. The number of hydrogen-bond acceptors (Lipinski definition) is 5. The molecule has 0 saturated heterocycles. The Hall–Kier alpha value is -0.280. The predicted octanol–water partition coefficient (Wildman–Crippen LogP) is 3.54. The van der Waals surface area contributed by atoms with Crippen LogP contribution < -0.4 is 0 Å². The van der Waals surface area contributed by atoms with Crippen LogP contribution in [0.5, 0.6) is 0 Å². The number of aliphatic hydroxyl groups is 2. The van der Waals surface area contributed by atoms with Gasteiger partial charge in [0.15, 0.2) is 11.6 Å². The molecule has 160 valence electrons. The quantitative estimate of drug-likeness (QED) is 0.428. The van der Waals surface area contributed by atoms with Gasteiger partial charge in [-0.15, -0.1) is 11.6 Å². The number of Topliss-reactive ketones (excluding diaryl/α,β-unsaturated/α-hetero) is 1. The van der Waals surface area contributed by atoms with Crippen molar-refractivity contribution in [1.29, 1.82) is 0 Å². The van der Waals surface area contributed by atoms with E-state index in [1.165, 1.54) is 0 Å². The molecule has 0 radical (unpaired) electrons. The van der Waals surface area contributed by atoms with Crippen molar-refractivity contribution >= 4 is 46.2 Å². The maximum Gasteiger partial charge on any atom is 0.191 e. The molecule has 0 aromatic carbocycles. The average Bonchev–Trinajstić information content (AvgIpc) is 2.85. The van der Waals surface area contributed by atoms with E-state index in [0.29, 0.717) is 6.42 Å². The first-order chi connectivity index (χ1) is 13.5. The Morgan fingerprint density at radius 2 is 2.07 bits per heavy atom. The van der Waals surface area contributed by atoms with Crippen LogP contribution in [0.15, 0.2) is 23.8 Å². The van der Waals surface area contributed by atoms with Crippen LogP contribution in [0, 0.1) is 28.6 Å². The first kappa shape index (κ1) is 21.9. The van der Waals surface area contributed by atoms with Crippen LogP contribution in [0.1, 0.15) is 46.5 Å². The van der Waals surface area contributed by atoms with Crippen molar-refractivity contribution in [3.63, 3.8) is 0 Å². The van der Waals surface area contributed by atoms with Gasteiger partial charge in [0.25, 0.3) is 0 Å². The molecule has 7 heteroatoms. The maximum atomic E-state index is 13.0. The fourth-order valence-corrected chi connectivity index (χ4v) is 8.11. The van der Waals surface area contributed by atoms with E-state index < -0.39 is 27.4 Å². The van der Waals surface area contributed by atoms with Gasteiger partial charge in [-0.05, 0) is 55.6 Å². The Kier molecular flexibility index (Phi) is 5.19. The highest BCUT2D eigenvalue weighted by atomic mass is 127. The van der Waals surface area contributed by atoms with Gasteiger partial charge < -0.3 is 13.3 Å². The second kappa shape index (κ2) is 6.86. The molecule has 8 atom stereocenters. The lowest BCUT2D eigenvalue weighted by Gasteiger charge is -2.63. The summed E-state index contributed by atoms with van der Waals surface area (Å²) < 4.78 is 5.03.